The van der Waals surface area contributed by atoms with E-state index in [4.69, 9.17) is 11.5 Å². The molecule has 0 aromatic carbocycles. The Bertz CT molecular complexity index is 168. The van der Waals surface area contributed by atoms with Crippen molar-refractivity contribution < 1.29 is 0 Å². The molecule has 0 bridgehead atoms. The third-order valence-corrected chi connectivity index (χ3v) is 0.784. The first kappa shape index (κ1) is 4.90. The standard InChI is InChI=1S/C5H6N3/c6-4-1-2-8-5(7)3-4/h1-3,7H,(H2,6,8). The van der Waals surface area contributed by atoms with Crippen LogP contribution in [0.4, 0.5) is 11.5 Å². The lowest BCUT2D eigenvalue weighted by atomic mass is 10.4. The Morgan fingerprint density at radius 1 is 1.62 bits per heavy atom. The van der Waals surface area contributed by atoms with E-state index in [0.29, 0.717) is 5.69 Å². The maximum absolute atomic E-state index is 6.94. The summed E-state index contributed by atoms with van der Waals surface area (Å²) in [7, 11) is 0. The van der Waals surface area contributed by atoms with Crippen molar-refractivity contribution in [1.29, 1.82) is 0 Å². The Labute approximate surface area is 47.3 Å². The molecule has 8 heavy (non-hydrogen) atoms. The van der Waals surface area contributed by atoms with Gasteiger partial charge in [0, 0.05) is 18.0 Å². The molecule has 1 heterocycles. The number of nitrogen functional groups attached to an aromatic ring is 1. The van der Waals surface area contributed by atoms with Crippen molar-refractivity contribution in [2.24, 2.45) is 0 Å². The maximum Gasteiger partial charge on any atom is 0.146 e. The first-order valence-corrected chi connectivity index (χ1v) is 2.22. The van der Waals surface area contributed by atoms with Crippen LogP contribution in [0.15, 0.2) is 18.3 Å². The average molecular weight is 108 g/mol. The minimum Gasteiger partial charge on any atom is -0.399 e. The molecule has 1 aromatic heterocycles. The van der Waals surface area contributed by atoms with Crippen LogP contribution in [0.1, 0.15) is 0 Å². The normalized spacial score (nSPS) is 9.00. The molecule has 0 unspecified atom stereocenters. The van der Waals surface area contributed by atoms with E-state index in [1.165, 1.54) is 12.3 Å². The molecule has 0 saturated heterocycles. The van der Waals surface area contributed by atoms with Gasteiger partial charge >= 0.3 is 0 Å². The highest BCUT2D eigenvalue weighted by Crippen LogP contribution is 2.03. The summed E-state index contributed by atoms with van der Waals surface area (Å²) in [5.74, 6) is 0.213. The molecule has 1 rings (SSSR count). The molecule has 0 fully saturated rings. The first-order chi connectivity index (χ1) is 3.79. The molecule has 0 aliphatic heterocycles. The van der Waals surface area contributed by atoms with E-state index in [2.05, 4.69) is 4.98 Å². The van der Waals surface area contributed by atoms with E-state index < -0.39 is 0 Å². The van der Waals surface area contributed by atoms with Crippen LogP contribution in [0.3, 0.4) is 0 Å². The molecule has 3 heteroatoms. The van der Waals surface area contributed by atoms with Crippen LogP contribution in [-0.2, 0) is 0 Å². The minimum absolute atomic E-state index is 0.213. The number of hydrogen-bond donors (Lipinski definition) is 1. The molecular weight excluding hydrogens is 102 g/mol. The molecule has 3 nitrogen and oxygen atoms in total. The molecular formula is C5H6N3. The molecule has 0 aliphatic rings. The van der Waals surface area contributed by atoms with Gasteiger partial charge in [-0.15, -0.1) is 0 Å². The predicted molar refractivity (Wildman–Crippen MR) is 31.4 cm³/mol. The van der Waals surface area contributed by atoms with Gasteiger partial charge in [-0.1, -0.05) is 0 Å². The number of anilines is 1. The van der Waals surface area contributed by atoms with Crippen molar-refractivity contribution in [3.05, 3.63) is 18.3 Å². The van der Waals surface area contributed by atoms with Gasteiger partial charge in [0.15, 0.2) is 0 Å². The fraction of sp³-hybridized carbons (Fsp3) is 0. The molecule has 3 N–H and O–H groups in total. The van der Waals surface area contributed by atoms with Gasteiger partial charge in [-0.25, -0.2) is 4.98 Å². The Balaban J connectivity index is 3.08. The molecule has 0 atom stereocenters. The van der Waals surface area contributed by atoms with Gasteiger partial charge in [-0.2, -0.15) is 0 Å². The quantitative estimate of drug-likeness (QED) is 0.528. The number of hydrogen-bond acceptors (Lipinski definition) is 2. The number of nitrogens with zero attached hydrogens (tertiary/aromatic N) is 1. The fourth-order valence-electron chi connectivity index (χ4n) is 0.447. The van der Waals surface area contributed by atoms with E-state index in [-0.39, 0.29) is 5.82 Å². The van der Waals surface area contributed by atoms with Gasteiger partial charge < -0.3 is 5.73 Å². The Morgan fingerprint density at radius 2 is 2.38 bits per heavy atom. The lowest BCUT2D eigenvalue weighted by molar-refractivity contribution is 1.26. The summed E-state index contributed by atoms with van der Waals surface area (Å²) in [5.41, 5.74) is 12.8. The molecule has 1 radical (unpaired) electrons. The second-order valence-corrected chi connectivity index (χ2v) is 1.47. The van der Waals surface area contributed by atoms with Crippen LogP contribution in [0.5, 0.6) is 0 Å². The third kappa shape index (κ3) is 0.872. The number of aromatic nitrogens is 1. The van der Waals surface area contributed by atoms with Gasteiger partial charge in [0.25, 0.3) is 0 Å². The van der Waals surface area contributed by atoms with E-state index in [1.54, 1.807) is 6.07 Å². The van der Waals surface area contributed by atoms with Gasteiger partial charge in [-0.05, 0) is 6.07 Å². The number of nitrogens with two attached hydrogens (primary N) is 1. The average Bonchev–Trinajstić information content (AvgIpc) is 1.64. The van der Waals surface area contributed by atoms with Crippen LogP contribution < -0.4 is 11.5 Å². The van der Waals surface area contributed by atoms with Gasteiger partial charge in [-0.3, -0.25) is 5.73 Å². The number of nitrogens with one attached hydrogen (secondary N) is 1. The van der Waals surface area contributed by atoms with E-state index in [0.717, 1.165) is 0 Å². The Hall–Kier alpha value is -1.25. The highest BCUT2D eigenvalue weighted by atomic mass is 14.8. The van der Waals surface area contributed by atoms with Crippen molar-refractivity contribution in [1.82, 2.24) is 10.7 Å². The summed E-state index contributed by atoms with van der Waals surface area (Å²) >= 11 is 0. The predicted octanol–water partition coefficient (Wildman–Crippen LogP) is 0.578. The van der Waals surface area contributed by atoms with Gasteiger partial charge in [0.1, 0.15) is 5.82 Å². The Morgan fingerprint density at radius 3 is 2.75 bits per heavy atom. The lowest BCUT2D eigenvalue weighted by Gasteiger charge is -1.89. The lowest BCUT2D eigenvalue weighted by Crippen LogP contribution is -1.84. The summed E-state index contributed by atoms with van der Waals surface area (Å²) in [6, 6.07) is 3.15. The molecule has 41 valence electrons. The summed E-state index contributed by atoms with van der Waals surface area (Å²) < 4.78 is 0. The van der Waals surface area contributed by atoms with Crippen molar-refractivity contribution in [2.45, 2.75) is 0 Å². The van der Waals surface area contributed by atoms with Gasteiger partial charge in [0.05, 0.1) is 0 Å². The zero-order valence-corrected chi connectivity index (χ0v) is 4.26. The highest BCUT2D eigenvalue weighted by molar-refractivity contribution is 5.43. The fourth-order valence-corrected chi connectivity index (χ4v) is 0.447. The summed E-state index contributed by atoms with van der Waals surface area (Å²) in [6.07, 6.45) is 1.51. The second-order valence-electron chi connectivity index (χ2n) is 1.47. The number of pyridine rings is 1. The van der Waals surface area contributed by atoms with E-state index >= 15 is 0 Å². The van der Waals surface area contributed by atoms with E-state index in [1.807, 2.05) is 0 Å². The highest BCUT2D eigenvalue weighted by Gasteiger charge is 1.84. The summed E-state index contributed by atoms with van der Waals surface area (Å²) in [5, 5.41) is 0. The van der Waals surface area contributed by atoms with Crippen LogP contribution >= 0.6 is 0 Å². The second kappa shape index (κ2) is 1.69. The maximum atomic E-state index is 6.94. The Kier molecular flexibility index (Phi) is 1.04. The van der Waals surface area contributed by atoms with Gasteiger partial charge in [0.2, 0.25) is 0 Å². The first-order valence-electron chi connectivity index (χ1n) is 2.22. The van der Waals surface area contributed by atoms with Crippen molar-refractivity contribution in [2.75, 3.05) is 5.73 Å². The van der Waals surface area contributed by atoms with Crippen LogP contribution in [0.25, 0.3) is 0 Å². The molecule has 1 aromatic rings. The van der Waals surface area contributed by atoms with Crippen LogP contribution in [0, 0.1) is 0 Å². The summed E-state index contributed by atoms with van der Waals surface area (Å²) in [6.45, 7) is 0. The molecule has 0 amide bonds. The van der Waals surface area contributed by atoms with Crippen LogP contribution in [-0.4, -0.2) is 4.98 Å². The van der Waals surface area contributed by atoms with Crippen molar-refractivity contribution >= 4 is 11.5 Å². The zero-order valence-electron chi connectivity index (χ0n) is 4.26. The monoisotopic (exact) mass is 108 g/mol. The molecule has 0 aliphatic carbocycles. The van der Waals surface area contributed by atoms with Crippen LogP contribution in [0.2, 0.25) is 0 Å². The van der Waals surface area contributed by atoms with Crippen molar-refractivity contribution in [3.63, 3.8) is 0 Å². The topological polar surface area (TPSA) is 62.7 Å². The zero-order chi connectivity index (χ0) is 5.98. The smallest absolute Gasteiger partial charge is 0.146 e. The van der Waals surface area contributed by atoms with E-state index in [9.17, 15) is 0 Å². The SMILES string of the molecule is [NH]c1cc(N)ccn1. The minimum atomic E-state index is 0.213. The largest absolute Gasteiger partial charge is 0.399 e. The molecule has 0 spiro atoms. The summed E-state index contributed by atoms with van der Waals surface area (Å²) in [4.78, 5) is 3.63. The number of rotatable bonds is 0. The van der Waals surface area contributed by atoms with Crippen molar-refractivity contribution in [3.8, 4) is 0 Å². The third-order valence-electron chi connectivity index (χ3n) is 0.784. The molecule has 0 saturated carbocycles.